The number of amides is 1. The first-order valence-electron chi connectivity index (χ1n) is 7.71. The van der Waals surface area contributed by atoms with Gasteiger partial charge in [-0.15, -0.1) is 0 Å². The van der Waals surface area contributed by atoms with Crippen molar-refractivity contribution < 1.29 is 4.79 Å². The summed E-state index contributed by atoms with van der Waals surface area (Å²) >= 11 is 3.45. The lowest BCUT2D eigenvalue weighted by Gasteiger charge is -2.16. The van der Waals surface area contributed by atoms with Gasteiger partial charge in [-0.3, -0.25) is 4.79 Å². The van der Waals surface area contributed by atoms with Crippen molar-refractivity contribution in [3.05, 3.63) is 45.7 Å². The zero-order chi connectivity index (χ0) is 16.4. The van der Waals surface area contributed by atoms with Gasteiger partial charge in [0.25, 0.3) is 5.91 Å². The van der Waals surface area contributed by atoms with Crippen molar-refractivity contribution in [3.63, 3.8) is 0 Å². The summed E-state index contributed by atoms with van der Waals surface area (Å²) in [5, 5.41) is 3.21. The first-order valence-corrected chi connectivity index (χ1v) is 8.50. The molecular formula is C17H19BrN4O. The minimum atomic E-state index is -0.0106. The van der Waals surface area contributed by atoms with Crippen LogP contribution in [0.5, 0.6) is 0 Å². The van der Waals surface area contributed by atoms with Gasteiger partial charge in [-0.05, 0) is 56.5 Å². The second-order valence-corrected chi connectivity index (χ2v) is 6.72. The number of nitrogens with zero attached hydrogens (tertiary/aromatic N) is 3. The van der Waals surface area contributed by atoms with E-state index < -0.39 is 0 Å². The number of halogens is 1. The first-order chi connectivity index (χ1) is 11.0. The number of aromatic nitrogens is 2. The van der Waals surface area contributed by atoms with Crippen molar-refractivity contribution in [1.29, 1.82) is 0 Å². The monoisotopic (exact) mass is 374 g/mol. The Hall–Kier alpha value is -1.95. The molecule has 1 aliphatic rings. The molecule has 1 aromatic carbocycles. The zero-order valence-corrected chi connectivity index (χ0v) is 14.9. The molecule has 2 heterocycles. The molecule has 1 aromatic heterocycles. The highest BCUT2D eigenvalue weighted by Gasteiger charge is 2.21. The summed E-state index contributed by atoms with van der Waals surface area (Å²) in [4.78, 5) is 23.2. The van der Waals surface area contributed by atoms with Crippen LogP contribution in [0.2, 0.25) is 0 Å². The molecule has 1 N–H and O–H groups in total. The molecule has 0 atom stereocenters. The standard InChI is InChI=1S/C17H19BrN4O/c1-11-9-13(18)5-6-14(11)20-17-19-12(2)10-15(21-17)16(23)22-7-3-4-8-22/h5-6,9-10H,3-4,7-8H2,1-2H3,(H,19,20,21). The number of hydrogen-bond acceptors (Lipinski definition) is 4. The van der Waals surface area contributed by atoms with Crippen molar-refractivity contribution >= 4 is 33.5 Å². The number of likely N-dealkylation sites (tertiary alicyclic amines) is 1. The van der Waals surface area contributed by atoms with E-state index >= 15 is 0 Å². The van der Waals surface area contributed by atoms with Crippen molar-refractivity contribution in [1.82, 2.24) is 14.9 Å². The van der Waals surface area contributed by atoms with Crippen LogP contribution in [0.15, 0.2) is 28.7 Å². The van der Waals surface area contributed by atoms with E-state index in [1.807, 2.05) is 36.9 Å². The van der Waals surface area contributed by atoms with Gasteiger partial charge < -0.3 is 10.2 Å². The van der Waals surface area contributed by atoms with E-state index in [1.165, 1.54) is 0 Å². The number of hydrogen-bond donors (Lipinski definition) is 1. The number of carbonyl (C=O) groups is 1. The lowest BCUT2D eigenvalue weighted by molar-refractivity contribution is 0.0787. The van der Waals surface area contributed by atoms with E-state index in [9.17, 15) is 4.79 Å². The minimum Gasteiger partial charge on any atom is -0.337 e. The number of carbonyl (C=O) groups excluding carboxylic acids is 1. The molecule has 1 aliphatic heterocycles. The molecule has 6 heteroatoms. The Kier molecular flexibility index (Phi) is 4.61. The molecule has 23 heavy (non-hydrogen) atoms. The van der Waals surface area contributed by atoms with Gasteiger partial charge in [-0.25, -0.2) is 9.97 Å². The third kappa shape index (κ3) is 3.69. The summed E-state index contributed by atoms with van der Waals surface area (Å²) < 4.78 is 1.02. The molecule has 120 valence electrons. The number of nitrogens with one attached hydrogen (secondary N) is 1. The molecular weight excluding hydrogens is 356 g/mol. The molecule has 5 nitrogen and oxygen atoms in total. The number of benzene rings is 1. The average Bonchev–Trinajstić information content (AvgIpc) is 3.03. The fraction of sp³-hybridized carbons (Fsp3) is 0.353. The second kappa shape index (κ2) is 6.66. The van der Waals surface area contributed by atoms with Crippen LogP contribution in [-0.2, 0) is 0 Å². The highest BCUT2D eigenvalue weighted by Crippen LogP contribution is 2.23. The van der Waals surface area contributed by atoms with Crippen LogP contribution in [0.4, 0.5) is 11.6 Å². The van der Waals surface area contributed by atoms with Crippen molar-refractivity contribution in [2.24, 2.45) is 0 Å². The number of aryl methyl sites for hydroxylation is 2. The Morgan fingerprint density at radius 1 is 1.17 bits per heavy atom. The Morgan fingerprint density at radius 3 is 2.61 bits per heavy atom. The molecule has 0 radical (unpaired) electrons. The van der Waals surface area contributed by atoms with Crippen LogP contribution < -0.4 is 5.32 Å². The molecule has 2 aromatic rings. The maximum atomic E-state index is 12.5. The smallest absolute Gasteiger partial charge is 0.272 e. The van der Waals surface area contributed by atoms with E-state index in [0.29, 0.717) is 11.6 Å². The molecule has 0 spiro atoms. The van der Waals surface area contributed by atoms with Gasteiger partial charge in [0.1, 0.15) is 5.69 Å². The third-order valence-electron chi connectivity index (χ3n) is 3.90. The van der Waals surface area contributed by atoms with Gasteiger partial charge in [0.15, 0.2) is 0 Å². The normalized spacial score (nSPS) is 14.1. The highest BCUT2D eigenvalue weighted by molar-refractivity contribution is 9.10. The lowest BCUT2D eigenvalue weighted by atomic mass is 10.2. The molecule has 1 saturated heterocycles. The van der Waals surface area contributed by atoms with Gasteiger partial charge >= 0.3 is 0 Å². The maximum absolute atomic E-state index is 12.5. The molecule has 0 bridgehead atoms. The lowest BCUT2D eigenvalue weighted by Crippen LogP contribution is -2.28. The summed E-state index contributed by atoms with van der Waals surface area (Å²) in [6, 6.07) is 7.70. The van der Waals surface area contributed by atoms with Crippen molar-refractivity contribution in [2.45, 2.75) is 26.7 Å². The van der Waals surface area contributed by atoms with Gasteiger partial charge in [-0.2, -0.15) is 0 Å². The molecule has 0 unspecified atom stereocenters. The zero-order valence-electron chi connectivity index (χ0n) is 13.3. The largest absolute Gasteiger partial charge is 0.337 e. The van der Waals surface area contributed by atoms with Crippen LogP contribution in [0.1, 0.15) is 34.6 Å². The van der Waals surface area contributed by atoms with Crippen molar-refractivity contribution in [3.8, 4) is 0 Å². The summed E-state index contributed by atoms with van der Waals surface area (Å²) in [5.74, 6) is 0.446. The first kappa shape index (κ1) is 15.9. The van der Waals surface area contributed by atoms with Crippen LogP contribution in [-0.4, -0.2) is 33.9 Å². The summed E-state index contributed by atoms with van der Waals surface area (Å²) in [6.07, 6.45) is 2.14. The van der Waals surface area contributed by atoms with Crippen LogP contribution >= 0.6 is 15.9 Å². The Morgan fingerprint density at radius 2 is 1.91 bits per heavy atom. The molecule has 1 amide bonds. The van der Waals surface area contributed by atoms with E-state index in [-0.39, 0.29) is 5.91 Å². The second-order valence-electron chi connectivity index (χ2n) is 5.80. The fourth-order valence-corrected chi connectivity index (χ4v) is 3.18. The van der Waals surface area contributed by atoms with Crippen LogP contribution in [0.3, 0.4) is 0 Å². The topological polar surface area (TPSA) is 58.1 Å². The Labute approximate surface area is 144 Å². The third-order valence-corrected chi connectivity index (χ3v) is 4.39. The molecule has 0 saturated carbocycles. The fourth-order valence-electron chi connectivity index (χ4n) is 2.70. The summed E-state index contributed by atoms with van der Waals surface area (Å²) in [7, 11) is 0. The Bertz CT molecular complexity index is 741. The van der Waals surface area contributed by atoms with Gasteiger partial charge in [-0.1, -0.05) is 15.9 Å². The van der Waals surface area contributed by atoms with E-state index in [1.54, 1.807) is 6.07 Å². The minimum absolute atomic E-state index is 0.0106. The quantitative estimate of drug-likeness (QED) is 0.886. The van der Waals surface area contributed by atoms with Gasteiger partial charge in [0, 0.05) is 28.9 Å². The SMILES string of the molecule is Cc1cc(C(=O)N2CCCC2)nc(Nc2ccc(Br)cc2C)n1. The highest BCUT2D eigenvalue weighted by atomic mass is 79.9. The van der Waals surface area contributed by atoms with Gasteiger partial charge in [0.05, 0.1) is 0 Å². The molecule has 3 rings (SSSR count). The maximum Gasteiger partial charge on any atom is 0.272 e. The Balaban J connectivity index is 1.86. The van der Waals surface area contributed by atoms with E-state index in [4.69, 9.17) is 0 Å². The van der Waals surface area contributed by atoms with E-state index in [0.717, 1.165) is 47.3 Å². The van der Waals surface area contributed by atoms with Crippen LogP contribution in [0, 0.1) is 13.8 Å². The number of anilines is 2. The summed E-state index contributed by atoms with van der Waals surface area (Å²) in [5.41, 5.74) is 3.24. The van der Waals surface area contributed by atoms with Gasteiger partial charge in [0.2, 0.25) is 5.95 Å². The average molecular weight is 375 g/mol. The molecule has 1 fully saturated rings. The summed E-state index contributed by atoms with van der Waals surface area (Å²) in [6.45, 7) is 5.52. The molecule has 0 aliphatic carbocycles. The van der Waals surface area contributed by atoms with Crippen LogP contribution in [0.25, 0.3) is 0 Å². The predicted molar refractivity (Wildman–Crippen MR) is 94.1 cm³/mol. The predicted octanol–water partition coefficient (Wildman–Crippen LogP) is 3.84. The van der Waals surface area contributed by atoms with Crippen molar-refractivity contribution in [2.75, 3.05) is 18.4 Å². The van der Waals surface area contributed by atoms with E-state index in [2.05, 4.69) is 31.2 Å². The number of rotatable bonds is 3.